The molecule has 1 rings (SSSR count). The lowest BCUT2D eigenvalue weighted by Gasteiger charge is -2.07. The summed E-state index contributed by atoms with van der Waals surface area (Å²) in [6, 6.07) is 5.98. The van der Waals surface area contributed by atoms with E-state index in [9.17, 15) is 4.57 Å². The van der Waals surface area contributed by atoms with Gasteiger partial charge in [0.1, 0.15) is 0 Å². The van der Waals surface area contributed by atoms with E-state index in [0.29, 0.717) is 5.92 Å². The van der Waals surface area contributed by atoms with Gasteiger partial charge in [0.2, 0.25) is 0 Å². The van der Waals surface area contributed by atoms with Gasteiger partial charge >= 0.3 is 8.69 Å². The summed E-state index contributed by atoms with van der Waals surface area (Å²) in [4.78, 5) is 0. The van der Waals surface area contributed by atoms with E-state index < -0.39 is 8.69 Å². The first-order valence-electron chi connectivity index (χ1n) is 4.29. The third-order valence-corrected chi connectivity index (χ3v) is 2.25. The lowest BCUT2D eigenvalue weighted by atomic mass is 10.0. The van der Waals surface area contributed by atoms with E-state index in [1.807, 2.05) is 25.1 Å². The van der Waals surface area contributed by atoms with Crippen LogP contribution < -0.4 is 4.52 Å². The summed E-state index contributed by atoms with van der Waals surface area (Å²) in [5.41, 5.74) is 2.23. The third-order valence-electron chi connectivity index (χ3n) is 1.94. The Hall–Kier alpha value is -0.880. The van der Waals surface area contributed by atoms with Crippen LogP contribution in [0.4, 0.5) is 0 Å². The minimum absolute atomic E-state index is 0.395. The number of hydrogen-bond acceptors (Lipinski definition) is 2. The van der Waals surface area contributed by atoms with Gasteiger partial charge in [0.05, 0.1) is 0 Å². The van der Waals surface area contributed by atoms with Gasteiger partial charge in [-0.2, -0.15) is 0 Å². The molecule has 1 atom stereocenters. The minimum atomic E-state index is -0.729. The average molecular weight is 197 g/mol. The number of hydrogen-bond donors (Lipinski definition) is 0. The highest BCUT2D eigenvalue weighted by Crippen LogP contribution is 2.29. The molecule has 0 radical (unpaired) electrons. The predicted molar refractivity (Wildman–Crippen MR) is 54.9 cm³/mol. The highest BCUT2D eigenvalue weighted by molar-refractivity contribution is 7.17. The van der Waals surface area contributed by atoms with Gasteiger partial charge < -0.3 is 0 Å². The Balaban J connectivity index is 3.10. The molecule has 0 aliphatic carbocycles. The second-order valence-electron chi connectivity index (χ2n) is 3.38. The maximum Gasteiger partial charge on any atom is 0.542 e. The minimum Gasteiger partial charge on any atom is -0.256 e. The summed E-state index contributed by atoms with van der Waals surface area (Å²) >= 11 is 0. The van der Waals surface area contributed by atoms with E-state index in [-0.39, 0.29) is 0 Å². The van der Waals surface area contributed by atoms with E-state index >= 15 is 0 Å². The van der Waals surface area contributed by atoms with E-state index in [1.165, 1.54) is 0 Å². The molecule has 3 heteroatoms. The predicted octanol–water partition coefficient (Wildman–Crippen LogP) is 3.44. The molecule has 0 amide bonds. The van der Waals surface area contributed by atoms with Crippen LogP contribution in [0.3, 0.4) is 0 Å². The Morgan fingerprint density at radius 2 is 2.08 bits per heavy atom. The molecular formula is C10H14O2P+. The Kier molecular flexibility index (Phi) is 3.44. The summed E-state index contributed by atoms with van der Waals surface area (Å²) in [7, 11) is -0.729. The standard InChI is InChI=1S/C10H14O2P/c1-7(2)9-5-4-8(3)6-10(9)12-13-11/h4-7,13H,1-3H3/q+1. The molecule has 13 heavy (non-hydrogen) atoms. The average Bonchev–Trinajstić information content (AvgIpc) is 2.04. The van der Waals surface area contributed by atoms with E-state index in [4.69, 9.17) is 4.52 Å². The van der Waals surface area contributed by atoms with Gasteiger partial charge in [-0.3, -0.25) is 4.52 Å². The second kappa shape index (κ2) is 4.38. The Morgan fingerprint density at radius 3 is 2.62 bits per heavy atom. The van der Waals surface area contributed by atoms with Gasteiger partial charge in [-0.15, -0.1) is 0 Å². The zero-order valence-electron chi connectivity index (χ0n) is 8.13. The van der Waals surface area contributed by atoms with Crippen LogP contribution in [0.5, 0.6) is 5.75 Å². The van der Waals surface area contributed by atoms with Crippen molar-refractivity contribution in [2.75, 3.05) is 0 Å². The van der Waals surface area contributed by atoms with Crippen LogP contribution in [-0.4, -0.2) is 0 Å². The SMILES string of the molecule is Cc1ccc(C(C)C)c(O[PH+]=O)c1. The molecule has 1 unspecified atom stereocenters. The van der Waals surface area contributed by atoms with Crippen LogP contribution in [0.15, 0.2) is 18.2 Å². The van der Waals surface area contributed by atoms with Crippen molar-refractivity contribution in [1.29, 1.82) is 0 Å². The smallest absolute Gasteiger partial charge is 0.256 e. The van der Waals surface area contributed by atoms with Gasteiger partial charge in [-0.1, -0.05) is 26.0 Å². The van der Waals surface area contributed by atoms with Crippen molar-refractivity contribution in [2.45, 2.75) is 26.7 Å². The van der Waals surface area contributed by atoms with E-state index in [2.05, 4.69) is 13.8 Å². The van der Waals surface area contributed by atoms with Crippen molar-refractivity contribution in [2.24, 2.45) is 0 Å². The van der Waals surface area contributed by atoms with E-state index in [1.54, 1.807) is 0 Å². The van der Waals surface area contributed by atoms with Crippen molar-refractivity contribution in [3.63, 3.8) is 0 Å². The first-order chi connectivity index (χ1) is 6.15. The first kappa shape index (κ1) is 10.2. The number of aryl methyl sites for hydroxylation is 1. The summed E-state index contributed by atoms with van der Waals surface area (Å²) in [6.07, 6.45) is 0. The number of rotatable bonds is 3. The van der Waals surface area contributed by atoms with Crippen molar-refractivity contribution < 1.29 is 9.09 Å². The molecule has 0 N–H and O–H groups in total. The van der Waals surface area contributed by atoms with E-state index in [0.717, 1.165) is 16.9 Å². The van der Waals surface area contributed by atoms with Gasteiger partial charge in [0, 0.05) is 5.56 Å². The highest BCUT2D eigenvalue weighted by atomic mass is 31.1. The van der Waals surface area contributed by atoms with Crippen LogP contribution in [-0.2, 0) is 4.57 Å². The Labute approximate surface area is 80.2 Å². The van der Waals surface area contributed by atoms with Gasteiger partial charge in [-0.05, 0) is 29.0 Å². The fourth-order valence-electron chi connectivity index (χ4n) is 1.25. The fraction of sp³-hybridized carbons (Fsp3) is 0.400. The quantitative estimate of drug-likeness (QED) is 0.694. The molecule has 0 aromatic heterocycles. The molecule has 0 aliphatic rings. The third kappa shape index (κ3) is 2.53. The zero-order valence-corrected chi connectivity index (χ0v) is 9.13. The van der Waals surface area contributed by atoms with Gasteiger partial charge in [-0.25, -0.2) is 0 Å². The molecule has 1 aromatic rings. The van der Waals surface area contributed by atoms with Crippen LogP contribution >= 0.6 is 8.69 Å². The lowest BCUT2D eigenvalue weighted by molar-refractivity contribution is 0.519. The van der Waals surface area contributed by atoms with Crippen LogP contribution in [0, 0.1) is 6.92 Å². The molecule has 0 heterocycles. The molecule has 0 spiro atoms. The largest absolute Gasteiger partial charge is 0.542 e. The second-order valence-corrected chi connectivity index (χ2v) is 3.75. The first-order valence-corrected chi connectivity index (χ1v) is 5.11. The zero-order chi connectivity index (χ0) is 9.84. The molecule has 0 saturated heterocycles. The van der Waals surface area contributed by atoms with Crippen molar-refractivity contribution >= 4 is 8.69 Å². The molecule has 70 valence electrons. The molecule has 0 fully saturated rings. The summed E-state index contributed by atoms with van der Waals surface area (Å²) in [5, 5.41) is 0. The van der Waals surface area contributed by atoms with Crippen molar-refractivity contribution in [3.05, 3.63) is 29.3 Å². The molecular weight excluding hydrogens is 183 g/mol. The topological polar surface area (TPSA) is 26.3 Å². The van der Waals surface area contributed by atoms with Crippen LogP contribution in [0.1, 0.15) is 30.9 Å². The monoisotopic (exact) mass is 197 g/mol. The molecule has 1 aromatic carbocycles. The van der Waals surface area contributed by atoms with Crippen molar-refractivity contribution in [3.8, 4) is 5.75 Å². The number of benzene rings is 1. The lowest BCUT2D eigenvalue weighted by Crippen LogP contribution is -1.91. The normalized spacial score (nSPS) is 10.8. The van der Waals surface area contributed by atoms with Crippen molar-refractivity contribution in [1.82, 2.24) is 0 Å². The molecule has 0 bridgehead atoms. The maximum atomic E-state index is 10.4. The van der Waals surface area contributed by atoms with Gasteiger partial charge in [0.25, 0.3) is 0 Å². The molecule has 0 aliphatic heterocycles. The summed E-state index contributed by atoms with van der Waals surface area (Å²) in [5.74, 6) is 1.13. The Morgan fingerprint density at radius 1 is 1.38 bits per heavy atom. The van der Waals surface area contributed by atoms with Crippen LogP contribution in [0.2, 0.25) is 0 Å². The van der Waals surface area contributed by atoms with Crippen LogP contribution in [0.25, 0.3) is 0 Å². The maximum absolute atomic E-state index is 10.4. The van der Waals surface area contributed by atoms with Gasteiger partial charge in [0.15, 0.2) is 5.75 Å². The fourth-order valence-corrected chi connectivity index (χ4v) is 1.52. The molecule has 0 saturated carbocycles. The Bertz CT molecular complexity index is 308. The highest BCUT2D eigenvalue weighted by Gasteiger charge is 2.10. The summed E-state index contributed by atoms with van der Waals surface area (Å²) in [6.45, 7) is 6.17. The summed E-state index contributed by atoms with van der Waals surface area (Å²) < 4.78 is 15.4. The molecule has 2 nitrogen and oxygen atoms in total.